The molecule has 8 heteroatoms. The number of pyridine rings is 1. The number of carbonyl (C=O) groups excluding carboxylic acids is 1. The number of sulfone groups is 1. The van der Waals surface area contributed by atoms with Crippen molar-refractivity contribution in [2.45, 2.75) is 18.9 Å². The van der Waals surface area contributed by atoms with E-state index in [4.69, 9.17) is 0 Å². The molecule has 1 rings (SSSR count). The molecule has 19 heavy (non-hydrogen) atoms. The molecule has 0 aliphatic carbocycles. The first-order chi connectivity index (χ1) is 8.65. The van der Waals surface area contributed by atoms with Gasteiger partial charge in [0, 0.05) is 18.3 Å². The van der Waals surface area contributed by atoms with Crippen LogP contribution in [0.5, 0.6) is 0 Å². The van der Waals surface area contributed by atoms with Gasteiger partial charge in [0.05, 0.1) is 17.1 Å². The molecule has 0 aliphatic rings. The number of hydrogen-bond donors (Lipinski definition) is 0. The summed E-state index contributed by atoms with van der Waals surface area (Å²) in [6.07, 6.45) is -2.35. The molecule has 0 saturated heterocycles. The van der Waals surface area contributed by atoms with Gasteiger partial charge in [0.15, 0.2) is 9.84 Å². The van der Waals surface area contributed by atoms with Gasteiger partial charge in [-0.1, -0.05) is 6.92 Å². The van der Waals surface area contributed by atoms with Gasteiger partial charge in [-0.15, -0.1) is 0 Å². The Bertz CT molecular complexity index is 555. The van der Waals surface area contributed by atoms with Crippen LogP contribution in [0.25, 0.3) is 0 Å². The average Bonchev–Trinajstić information content (AvgIpc) is 2.26. The molecule has 0 fully saturated rings. The van der Waals surface area contributed by atoms with E-state index in [1.807, 2.05) is 0 Å². The highest BCUT2D eigenvalue weighted by Crippen LogP contribution is 2.32. The van der Waals surface area contributed by atoms with Crippen molar-refractivity contribution in [3.63, 3.8) is 0 Å². The van der Waals surface area contributed by atoms with Gasteiger partial charge in [0.1, 0.15) is 6.29 Å². The molecule has 1 atom stereocenters. The lowest BCUT2D eigenvalue weighted by Crippen LogP contribution is -2.19. The highest BCUT2D eigenvalue weighted by atomic mass is 32.2. The number of aldehydes is 1. The van der Waals surface area contributed by atoms with Crippen molar-refractivity contribution in [2.75, 3.05) is 5.75 Å². The Labute approximate surface area is 108 Å². The van der Waals surface area contributed by atoms with E-state index in [9.17, 15) is 26.4 Å². The van der Waals surface area contributed by atoms with Gasteiger partial charge >= 0.3 is 6.18 Å². The molecule has 0 aromatic carbocycles. The summed E-state index contributed by atoms with van der Waals surface area (Å²) in [4.78, 5) is 13.9. The molecule has 0 bridgehead atoms. The number of rotatable bonds is 5. The van der Waals surface area contributed by atoms with E-state index in [2.05, 4.69) is 4.98 Å². The van der Waals surface area contributed by atoms with E-state index < -0.39 is 44.6 Å². The molecule has 0 N–H and O–H groups in total. The highest BCUT2D eigenvalue weighted by Gasteiger charge is 2.34. The van der Waals surface area contributed by atoms with Crippen LogP contribution in [-0.2, 0) is 26.6 Å². The molecule has 1 aromatic heterocycles. The van der Waals surface area contributed by atoms with Crippen molar-refractivity contribution in [3.05, 3.63) is 29.6 Å². The molecule has 1 heterocycles. The van der Waals surface area contributed by atoms with Gasteiger partial charge in [-0.2, -0.15) is 13.2 Å². The Morgan fingerprint density at radius 3 is 2.58 bits per heavy atom. The minimum absolute atomic E-state index is 0.409. The standard InChI is InChI=1S/C11H12F3NO3S/c1-8(5-16)6-19(17,18)7-9-4-15-3-2-10(9)11(12,13)14/h2-5,8H,6-7H2,1H3/t8-/m1/s1. The van der Waals surface area contributed by atoms with Gasteiger partial charge in [-0.25, -0.2) is 8.42 Å². The summed E-state index contributed by atoms with van der Waals surface area (Å²) in [5.74, 6) is -2.02. The van der Waals surface area contributed by atoms with Gasteiger partial charge in [-0.3, -0.25) is 4.98 Å². The first kappa shape index (κ1) is 15.6. The minimum Gasteiger partial charge on any atom is -0.303 e. The zero-order valence-corrected chi connectivity index (χ0v) is 10.8. The van der Waals surface area contributed by atoms with Gasteiger partial charge < -0.3 is 4.79 Å². The monoisotopic (exact) mass is 295 g/mol. The molecular weight excluding hydrogens is 283 g/mol. The van der Waals surface area contributed by atoms with Crippen LogP contribution in [0.15, 0.2) is 18.5 Å². The smallest absolute Gasteiger partial charge is 0.303 e. The SMILES string of the molecule is C[C@H](C=O)CS(=O)(=O)Cc1cnccc1C(F)(F)F. The number of alkyl halides is 3. The number of aromatic nitrogens is 1. The summed E-state index contributed by atoms with van der Waals surface area (Å²) in [5, 5.41) is 0. The van der Waals surface area contributed by atoms with Crippen LogP contribution in [0.3, 0.4) is 0 Å². The van der Waals surface area contributed by atoms with Crippen molar-refractivity contribution < 1.29 is 26.4 Å². The maximum atomic E-state index is 12.7. The second-order valence-corrected chi connectivity index (χ2v) is 6.31. The molecular formula is C11H12F3NO3S. The second-order valence-electron chi connectivity index (χ2n) is 4.20. The predicted molar refractivity (Wildman–Crippen MR) is 62.0 cm³/mol. The Hall–Kier alpha value is -1.44. The van der Waals surface area contributed by atoms with Crippen molar-refractivity contribution in [1.29, 1.82) is 0 Å². The van der Waals surface area contributed by atoms with Crippen LogP contribution in [0.2, 0.25) is 0 Å². The quantitative estimate of drug-likeness (QED) is 0.778. The summed E-state index contributed by atoms with van der Waals surface area (Å²) >= 11 is 0. The van der Waals surface area contributed by atoms with E-state index in [-0.39, 0.29) is 0 Å². The minimum atomic E-state index is -4.63. The van der Waals surface area contributed by atoms with Crippen LogP contribution in [0.4, 0.5) is 13.2 Å². The van der Waals surface area contributed by atoms with Crippen LogP contribution in [0.1, 0.15) is 18.1 Å². The number of nitrogens with zero attached hydrogens (tertiary/aromatic N) is 1. The van der Waals surface area contributed by atoms with Crippen LogP contribution >= 0.6 is 0 Å². The van der Waals surface area contributed by atoms with Gasteiger partial charge in [0.2, 0.25) is 0 Å². The lowest BCUT2D eigenvalue weighted by atomic mass is 10.1. The topological polar surface area (TPSA) is 64.1 Å². The van der Waals surface area contributed by atoms with Crippen LogP contribution in [-0.4, -0.2) is 25.4 Å². The van der Waals surface area contributed by atoms with Gasteiger partial charge in [0.25, 0.3) is 0 Å². The number of halogens is 3. The summed E-state index contributed by atoms with van der Waals surface area (Å²) < 4.78 is 61.4. The van der Waals surface area contributed by atoms with E-state index in [0.29, 0.717) is 6.29 Å². The molecule has 4 nitrogen and oxygen atoms in total. The third-order valence-corrected chi connectivity index (χ3v) is 4.12. The third kappa shape index (κ3) is 4.62. The predicted octanol–water partition coefficient (Wildman–Crippen LogP) is 1.85. The summed E-state index contributed by atoms with van der Waals surface area (Å²) in [7, 11) is -3.80. The van der Waals surface area contributed by atoms with Crippen molar-refractivity contribution >= 4 is 16.1 Å². The molecule has 106 valence electrons. The maximum Gasteiger partial charge on any atom is 0.416 e. The zero-order chi connectivity index (χ0) is 14.7. The average molecular weight is 295 g/mol. The lowest BCUT2D eigenvalue weighted by molar-refractivity contribution is -0.138. The van der Waals surface area contributed by atoms with Crippen molar-refractivity contribution in [1.82, 2.24) is 4.98 Å². The van der Waals surface area contributed by atoms with Crippen LogP contribution < -0.4 is 0 Å². The molecule has 0 saturated carbocycles. The van der Waals surface area contributed by atoms with E-state index in [0.717, 1.165) is 18.5 Å². The fourth-order valence-electron chi connectivity index (χ4n) is 1.55. The fourth-order valence-corrected chi connectivity index (χ4v) is 3.26. The Balaban J connectivity index is 3.04. The Morgan fingerprint density at radius 2 is 2.05 bits per heavy atom. The Kier molecular flexibility index (Phi) is 4.67. The molecule has 0 aliphatic heterocycles. The number of carbonyl (C=O) groups is 1. The Morgan fingerprint density at radius 1 is 1.42 bits per heavy atom. The zero-order valence-electron chi connectivity index (χ0n) is 10.0. The summed E-state index contributed by atoms with van der Waals surface area (Å²) in [5.41, 5.74) is -1.43. The van der Waals surface area contributed by atoms with Crippen molar-refractivity contribution in [2.24, 2.45) is 5.92 Å². The first-order valence-electron chi connectivity index (χ1n) is 5.31. The van der Waals surface area contributed by atoms with E-state index >= 15 is 0 Å². The van der Waals surface area contributed by atoms with Gasteiger partial charge in [-0.05, 0) is 11.6 Å². The van der Waals surface area contributed by atoms with Crippen LogP contribution in [0, 0.1) is 5.92 Å². The normalized spacial score (nSPS) is 14.1. The number of hydrogen-bond acceptors (Lipinski definition) is 4. The summed E-state index contributed by atoms with van der Waals surface area (Å²) in [6.45, 7) is 1.39. The molecule has 0 radical (unpaired) electrons. The largest absolute Gasteiger partial charge is 0.416 e. The molecule has 0 amide bonds. The van der Waals surface area contributed by atoms with E-state index in [1.54, 1.807) is 0 Å². The molecule has 0 unspecified atom stereocenters. The lowest BCUT2D eigenvalue weighted by Gasteiger charge is -2.12. The second kappa shape index (κ2) is 5.68. The van der Waals surface area contributed by atoms with Crippen molar-refractivity contribution in [3.8, 4) is 0 Å². The third-order valence-electron chi connectivity index (χ3n) is 2.33. The maximum absolute atomic E-state index is 12.7. The highest BCUT2D eigenvalue weighted by molar-refractivity contribution is 7.90. The molecule has 1 aromatic rings. The molecule has 0 spiro atoms. The van der Waals surface area contributed by atoms with E-state index in [1.165, 1.54) is 6.92 Å². The summed E-state index contributed by atoms with van der Waals surface area (Å²) in [6, 6.07) is 0.730. The first-order valence-corrected chi connectivity index (χ1v) is 7.13. The fraction of sp³-hybridized carbons (Fsp3) is 0.455.